The summed E-state index contributed by atoms with van der Waals surface area (Å²) in [6.07, 6.45) is -0.221. The molecule has 0 aromatic heterocycles. The molecule has 2 aromatic rings. The van der Waals surface area contributed by atoms with Crippen molar-refractivity contribution in [1.82, 2.24) is 10.2 Å². The smallest absolute Gasteiger partial charge is 0.407 e. The van der Waals surface area contributed by atoms with Gasteiger partial charge in [0.05, 0.1) is 5.92 Å². The molecule has 2 N–H and O–H groups in total. The van der Waals surface area contributed by atoms with Gasteiger partial charge >= 0.3 is 12.1 Å². The summed E-state index contributed by atoms with van der Waals surface area (Å²) in [6, 6.07) is 15.5. The lowest BCUT2D eigenvalue weighted by atomic mass is 9.87. The molecule has 1 aliphatic heterocycles. The molecule has 3 atom stereocenters. The molecule has 2 unspecified atom stereocenters. The molecule has 1 heterocycles. The molecular formula is C25H28N2O5. The van der Waals surface area contributed by atoms with Gasteiger partial charge in [0.25, 0.3) is 0 Å². The van der Waals surface area contributed by atoms with Gasteiger partial charge in [-0.15, -0.1) is 0 Å². The first-order chi connectivity index (χ1) is 15.4. The van der Waals surface area contributed by atoms with E-state index in [-0.39, 0.29) is 24.3 Å². The Morgan fingerprint density at radius 2 is 1.69 bits per heavy atom. The van der Waals surface area contributed by atoms with Gasteiger partial charge in [0.1, 0.15) is 12.6 Å². The quantitative estimate of drug-likeness (QED) is 0.748. The van der Waals surface area contributed by atoms with Gasteiger partial charge in [-0.3, -0.25) is 9.59 Å². The van der Waals surface area contributed by atoms with Crippen LogP contribution >= 0.6 is 0 Å². The molecular weight excluding hydrogens is 408 g/mol. The number of likely N-dealkylation sites (tertiary alicyclic amines) is 1. The van der Waals surface area contributed by atoms with E-state index in [1.807, 2.05) is 31.2 Å². The van der Waals surface area contributed by atoms with E-state index in [1.54, 1.807) is 11.8 Å². The van der Waals surface area contributed by atoms with Crippen LogP contribution in [0.15, 0.2) is 48.5 Å². The molecule has 7 nitrogen and oxygen atoms in total. The molecule has 1 fully saturated rings. The van der Waals surface area contributed by atoms with Crippen molar-refractivity contribution in [3.63, 3.8) is 0 Å². The second-order valence-corrected chi connectivity index (χ2v) is 8.69. The fraction of sp³-hybridized carbons (Fsp3) is 0.400. The molecule has 4 rings (SSSR count). The van der Waals surface area contributed by atoms with Crippen LogP contribution in [0.1, 0.15) is 37.3 Å². The Bertz CT molecular complexity index is 991. The molecule has 1 aliphatic carbocycles. The standard InChI is InChI=1S/C25H28N2O5/c1-15-13-27(12-11-17(15)24(29)30)23(28)16(2)26-25(31)32-14-22-20-9-5-3-7-18(20)19-8-4-6-10-21(19)22/h3-10,15-17,22H,11-14H2,1-2H3,(H,26,31)(H,29,30)/t15?,16-,17?/m1/s1. The topological polar surface area (TPSA) is 95.9 Å². The number of hydrogen-bond donors (Lipinski definition) is 2. The summed E-state index contributed by atoms with van der Waals surface area (Å²) in [5.41, 5.74) is 4.56. The summed E-state index contributed by atoms with van der Waals surface area (Å²) in [6.45, 7) is 4.38. The maximum absolute atomic E-state index is 12.8. The Hall–Kier alpha value is -3.35. The van der Waals surface area contributed by atoms with Crippen molar-refractivity contribution in [2.45, 2.75) is 32.2 Å². The summed E-state index contributed by atoms with van der Waals surface area (Å²) in [7, 11) is 0. The molecule has 0 saturated carbocycles. The number of fused-ring (bicyclic) bond motifs is 3. The van der Waals surface area contributed by atoms with Crippen molar-refractivity contribution in [2.24, 2.45) is 11.8 Å². The molecule has 32 heavy (non-hydrogen) atoms. The van der Waals surface area contributed by atoms with Crippen molar-refractivity contribution in [2.75, 3.05) is 19.7 Å². The average Bonchev–Trinajstić information content (AvgIpc) is 3.10. The van der Waals surface area contributed by atoms with E-state index in [1.165, 1.54) is 0 Å². The third-order valence-electron chi connectivity index (χ3n) is 6.58. The number of alkyl carbamates (subject to hydrolysis) is 1. The number of aliphatic carboxylic acids is 1. The Balaban J connectivity index is 1.34. The van der Waals surface area contributed by atoms with E-state index in [2.05, 4.69) is 29.6 Å². The van der Waals surface area contributed by atoms with Gasteiger partial charge in [0.2, 0.25) is 5.91 Å². The fourth-order valence-electron chi connectivity index (χ4n) is 4.87. The average molecular weight is 437 g/mol. The maximum atomic E-state index is 12.8. The summed E-state index contributed by atoms with van der Waals surface area (Å²) in [5.74, 6) is -1.67. The molecule has 1 saturated heterocycles. The highest BCUT2D eigenvalue weighted by molar-refractivity contribution is 5.86. The first-order valence-electron chi connectivity index (χ1n) is 11.0. The first kappa shape index (κ1) is 21.9. The van der Waals surface area contributed by atoms with E-state index >= 15 is 0 Å². The molecule has 7 heteroatoms. The zero-order valence-electron chi connectivity index (χ0n) is 18.3. The third-order valence-corrected chi connectivity index (χ3v) is 6.58. The predicted octanol–water partition coefficient (Wildman–Crippen LogP) is 3.48. The SMILES string of the molecule is CC1CN(C(=O)[C@@H](C)NC(=O)OCC2c3ccccc3-c3ccccc32)CCC1C(=O)O. The van der Waals surface area contributed by atoms with Crippen molar-refractivity contribution in [3.05, 3.63) is 59.7 Å². The van der Waals surface area contributed by atoms with Crippen LogP contribution in [0.3, 0.4) is 0 Å². The number of piperidine rings is 1. The van der Waals surface area contributed by atoms with Crippen LogP contribution in [0.25, 0.3) is 11.1 Å². The highest BCUT2D eigenvalue weighted by Crippen LogP contribution is 2.44. The Morgan fingerprint density at radius 3 is 2.25 bits per heavy atom. The van der Waals surface area contributed by atoms with Gasteiger partial charge in [-0.25, -0.2) is 4.79 Å². The van der Waals surface area contributed by atoms with Crippen molar-refractivity contribution < 1.29 is 24.2 Å². The van der Waals surface area contributed by atoms with Crippen LogP contribution in [0.2, 0.25) is 0 Å². The van der Waals surface area contributed by atoms with Gasteiger partial charge in [-0.1, -0.05) is 55.5 Å². The van der Waals surface area contributed by atoms with Crippen molar-refractivity contribution >= 4 is 18.0 Å². The van der Waals surface area contributed by atoms with Crippen LogP contribution in [-0.4, -0.2) is 53.7 Å². The monoisotopic (exact) mass is 436 g/mol. The number of nitrogens with zero attached hydrogens (tertiary/aromatic N) is 1. The lowest BCUT2D eigenvalue weighted by Crippen LogP contribution is -2.52. The van der Waals surface area contributed by atoms with E-state index in [4.69, 9.17) is 4.74 Å². The third kappa shape index (κ3) is 4.20. The molecule has 2 aliphatic rings. The number of nitrogens with one attached hydrogen (secondary N) is 1. The Kier molecular flexibility index (Phi) is 6.17. The Labute approximate surface area is 187 Å². The summed E-state index contributed by atoms with van der Waals surface area (Å²) >= 11 is 0. The van der Waals surface area contributed by atoms with Crippen LogP contribution in [0.4, 0.5) is 4.79 Å². The molecule has 0 spiro atoms. The Morgan fingerprint density at radius 1 is 1.09 bits per heavy atom. The van der Waals surface area contributed by atoms with E-state index in [9.17, 15) is 19.5 Å². The van der Waals surface area contributed by atoms with Gasteiger partial charge < -0.3 is 20.1 Å². The molecule has 168 valence electrons. The minimum atomic E-state index is -0.825. The molecule has 2 aromatic carbocycles. The van der Waals surface area contributed by atoms with Gasteiger partial charge in [0, 0.05) is 19.0 Å². The van der Waals surface area contributed by atoms with Crippen LogP contribution in [0.5, 0.6) is 0 Å². The predicted molar refractivity (Wildman–Crippen MR) is 119 cm³/mol. The fourth-order valence-corrected chi connectivity index (χ4v) is 4.87. The normalized spacial score (nSPS) is 20.8. The first-order valence-corrected chi connectivity index (χ1v) is 11.0. The maximum Gasteiger partial charge on any atom is 0.407 e. The lowest BCUT2D eigenvalue weighted by molar-refractivity contribution is -0.148. The van der Waals surface area contributed by atoms with Crippen molar-refractivity contribution in [3.8, 4) is 11.1 Å². The van der Waals surface area contributed by atoms with E-state index < -0.39 is 24.0 Å². The number of ether oxygens (including phenoxy) is 1. The minimum Gasteiger partial charge on any atom is -0.481 e. The largest absolute Gasteiger partial charge is 0.481 e. The second kappa shape index (κ2) is 9.02. The van der Waals surface area contributed by atoms with E-state index in [0.29, 0.717) is 19.5 Å². The van der Waals surface area contributed by atoms with Gasteiger partial charge in [0.15, 0.2) is 0 Å². The number of benzene rings is 2. The summed E-state index contributed by atoms with van der Waals surface area (Å²) in [5, 5.41) is 11.9. The number of carbonyl (C=O) groups is 3. The number of rotatable bonds is 5. The molecule has 0 bridgehead atoms. The number of carbonyl (C=O) groups excluding carboxylic acids is 2. The van der Waals surface area contributed by atoms with Crippen molar-refractivity contribution in [1.29, 1.82) is 0 Å². The summed E-state index contributed by atoms with van der Waals surface area (Å²) in [4.78, 5) is 38.1. The second-order valence-electron chi connectivity index (χ2n) is 8.69. The number of carboxylic acid groups (broad SMARTS) is 1. The lowest BCUT2D eigenvalue weighted by Gasteiger charge is -2.36. The number of hydrogen-bond acceptors (Lipinski definition) is 4. The molecule has 2 amide bonds. The van der Waals surface area contributed by atoms with Gasteiger partial charge in [-0.05, 0) is 41.5 Å². The highest BCUT2D eigenvalue weighted by Gasteiger charge is 2.35. The van der Waals surface area contributed by atoms with Gasteiger partial charge in [-0.2, -0.15) is 0 Å². The van der Waals surface area contributed by atoms with Crippen LogP contribution in [0, 0.1) is 11.8 Å². The highest BCUT2D eigenvalue weighted by atomic mass is 16.5. The van der Waals surface area contributed by atoms with Crippen LogP contribution in [-0.2, 0) is 14.3 Å². The zero-order valence-corrected chi connectivity index (χ0v) is 18.3. The van der Waals surface area contributed by atoms with Crippen LogP contribution < -0.4 is 5.32 Å². The zero-order chi connectivity index (χ0) is 22.8. The molecule has 0 radical (unpaired) electrons. The number of carboxylic acids is 1. The number of amides is 2. The minimum absolute atomic E-state index is 0.0462. The summed E-state index contributed by atoms with van der Waals surface area (Å²) < 4.78 is 5.52. The van der Waals surface area contributed by atoms with E-state index in [0.717, 1.165) is 22.3 Å².